The molecule has 1 aliphatic carbocycles. The molecule has 180 valence electrons. The predicted molar refractivity (Wildman–Crippen MR) is 132 cm³/mol. The van der Waals surface area contributed by atoms with Gasteiger partial charge >= 0.3 is 0 Å². The largest absolute Gasteiger partial charge is 0.508 e. The highest BCUT2D eigenvalue weighted by Crippen LogP contribution is 2.43. The predicted octanol–water partition coefficient (Wildman–Crippen LogP) is 5.93. The molecule has 6 nitrogen and oxygen atoms in total. The van der Waals surface area contributed by atoms with E-state index in [0.717, 1.165) is 45.8 Å². The maximum Gasteiger partial charge on any atom is 0.231 e. The van der Waals surface area contributed by atoms with Crippen LogP contribution in [-0.2, 0) is 11.2 Å². The van der Waals surface area contributed by atoms with Crippen LogP contribution in [0.4, 0.5) is 0 Å². The molecule has 0 spiro atoms. The second-order valence-electron chi connectivity index (χ2n) is 10.7. The number of nitrogens with one attached hydrogen (secondary N) is 1. The standard InChI is InChI=1S/C20H18N2O4.C8H16/c1-11(23)22-7-6-14-15-9-13(24)3-4-16(15)21-19(14)20(22)12-2-5-17-18(8-12)26-10-25-17;1-8(2,3)7-5-4-6-7/h2-5,8-9,20-21,24H,6-7,10H2,1H3;7H,4-6H2,1-3H3. The van der Waals surface area contributed by atoms with Gasteiger partial charge in [0.25, 0.3) is 0 Å². The van der Waals surface area contributed by atoms with Crippen LogP contribution in [0.3, 0.4) is 0 Å². The van der Waals surface area contributed by atoms with Gasteiger partial charge in [-0.2, -0.15) is 0 Å². The molecule has 2 aliphatic heterocycles. The normalized spacial score (nSPS) is 19.3. The summed E-state index contributed by atoms with van der Waals surface area (Å²) >= 11 is 0. The van der Waals surface area contributed by atoms with Crippen molar-refractivity contribution >= 4 is 16.8 Å². The molecule has 1 aromatic heterocycles. The molecule has 1 atom stereocenters. The lowest BCUT2D eigenvalue weighted by Crippen LogP contribution is -2.39. The van der Waals surface area contributed by atoms with E-state index in [1.165, 1.54) is 19.3 Å². The number of aromatic amines is 1. The highest BCUT2D eigenvalue weighted by atomic mass is 16.7. The molecule has 6 heteroatoms. The number of nitrogens with zero attached hydrogens (tertiary/aromatic N) is 1. The Bertz CT molecular complexity index is 1220. The molecule has 34 heavy (non-hydrogen) atoms. The van der Waals surface area contributed by atoms with Crippen LogP contribution in [0.15, 0.2) is 36.4 Å². The van der Waals surface area contributed by atoms with E-state index in [4.69, 9.17) is 9.47 Å². The SMILES string of the molecule is CC(=O)N1CCc2c([nH]c3ccc(O)cc23)C1c1ccc2c(c1)OCO2.CC(C)(C)C1CCC1. The molecule has 2 N–H and O–H groups in total. The maximum atomic E-state index is 12.3. The van der Waals surface area contributed by atoms with Crippen molar-refractivity contribution in [2.75, 3.05) is 13.3 Å². The summed E-state index contributed by atoms with van der Waals surface area (Å²) in [6, 6.07) is 10.9. The minimum Gasteiger partial charge on any atom is -0.508 e. The van der Waals surface area contributed by atoms with Gasteiger partial charge < -0.3 is 24.5 Å². The number of fused-ring (bicyclic) bond motifs is 4. The lowest BCUT2D eigenvalue weighted by molar-refractivity contribution is -0.130. The summed E-state index contributed by atoms with van der Waals surface area (Å²) in [4.78, 5) is 17.6. The lowest BCUT2D eigenvalue weighted by Gasteiger charge is -2.37. The van der Waals surface area contributed by atoms with Crippen molar-refractivity contribution in [3.8, 4) is 17.2 Å². The van der Waals surface area contributed by atoms with E-state index in [2.05, 4.69) is 25.8 Å². The van der Waals surface area contributed by atoms with Crippen molar-refractivity contribution in [1.82, 2.24) is 9.88 Å². The summed E-state index contributed by atoms with van der Waals surface area (Å²) in [5, 5.41) is 10.9. The minimum absolute atomic E-state index is 0.0276. The van der Waals surface area contributed by atoms with Gasteiger partial charge in [0.1, 0.15) is 5.75 Å². The van der Waals surface area contributed by atoms with Crippen molar-refractivity contribution in [2.45, 2.75) is 59.4 Å². The number of H-pyrrole nitrogens is 1. The summed E-state index contributed by atoms with van der Waals surface area (Å²) in [7, 11) is 0. The fourth-order valence-electron chi connectivity index (χ4n) is 5.32. The summed E-state index contributed by atoms with van der Waals surface area (Å²) in [6.45, 7) is 9.48. The van der Waals surface area contributed by atoms with Crippen LogP contribution in [0.25, 0.3) is 10.9 Å². The van der Waals surface area contributed by atoms with Gasteiger partial charge in [-0.3, -0.25) is 4.79 Å². The molecule has 0 radical (unpaired) electrons. The zero-order chi connectivity index (χ0) is 24.0. The second kappa shape index (κ2) is 8.57. The van der Waals surface area contributed by atoms with Crippen molar-refractivity contribution < 1.29 is 19.4 Å². The van der Waals surface area contributed by atoms with Gasteiger partial charge in [-0.25, -0.2) is 0 Å². The third-order valence-electron chi connectivity index (χ3n) is 7.56. The van der Waals surface area contributed by atoms with Crippen molar-refractivity contribution in [3.05, 3.63) is 53.2 Å². The summed E-state index contributed by atoms with van der Waals surface area (Å²) in [6.07, 6.45) is 5.17. The number of hydrogen-bond acceptors (Lipinski definition) is 4. The molecule has 1 fully saturated rings. The monoisotopic (exact) mass is 462 g/mol. The average molecular weight is 463 g/mol. The number of ether oxygens (including phenoxy) is 2. The van der Waals surface area contributed by atoms with Crippen LogP contribution >= 0.6 is 0 Å². The van der Waals surface area contributed by atoms with E-state index in [9.17, 15) is 9.90 Å². The van der Waals surface area contributed by atoms with E-state index in [1.807, 2.05) is 29.2 Å². The van der Waals surface area contributed by atoms with E-state index in [1.54, 1.807) is 19.1 Å². The number of aromatic nitrogens is 1. The number of rotatable bonds is 1. The summed E-state index contributed by atoms with van der Waals surface area (Å²) in [5.74, 6) is 2.72. The Kier molecular flexibility index (Phi) is 5.70. The Morgan fingerprint density at radius 1 is 1.09 bits per heavy atom. The molecular formula is C28H34N2O4. The van der Waals surface area contributed by atoms with Crippen LogP contribution in [-0.4, -0.2) is 34.2 Å². The molecular weight excluding hydrogens is 428 g/mol. The van der Waals surface area contributed by atoms with Gasteiger partial charge in [-0.05, 0) is 72.1 Å². The van der Waals surface area contributed by atoms with Gasteiger partial charge in [-0.15, -0.1) is 0 Å². The maximum absolute atomic E-state index is 12.3. The van der Waals surface area contributed by atoms with Gasteiger partial charge in [0.2, 0.25) is 12.7 Å². The molecule has 3 aliphatic rings. The first kappa shape index (κ1) is 22.6. The minimum atomic E-state index is -0.222. The summed E-state index contributed by atoms with van der Waals surface area (Å²) in [5.41, 5.74) is 4.67. The number of aromatic hydroxyl groups is 1. The van der Waals surface area contributed by atoms with Gasteiger partial charge in [0.05, 0.1) is 6.04 Å². The van der Waals surface area contributed by atoms with Gasteiger partial charge in [0.15, 0.2) is 11.5 Å². The number of hydrogen-bond donors (Lipinski definition) is 2. The molecule has 0 saturated heterocycles. The molecule has 1 saturated carbocycles. The van der Waals surface area contributed by atoms with Crippen molar-refractivity contribution in [1.29, 1.82) is 0 Å². The zero-order valence-electron chi connectivity index (χ0n) is 20.5. The first-order valence-corrected chi connectivity index (χ1v) is 12.2. The molecule has 1 unspecified atom stereocenters. The zero-order valence-corrected chi connectivity index (χ0v) is 20.5. The molecule has 3 aromatic rings. The van der Waals surface area contributed by atoms with E-state index in [-0.39, 0.29) is 24.5 Å². The molecule has 3 heterocycles. The molecule has 6 rings (SSSR count). The fraction of sp³-hybridized carbons (Fsp3) is 0.464. The highest BCUT2D eigenvalue weighted by Gasteiger charge is 2.34. The van der Waals surface area contributed by atoms with Crippen molar-refractivity contribution in [3.63, 3.8) is 0 Å². The van der Waals surface area contributed by atoms with Crippen LogP contribution in [0.5, 0.6) is 17.2 Å². The smallest absolute Gasteiger partial charge is 0.231 e. The quantitative estimate of drug-likeness (QED) is 0.470. The number of phenols is 1. The fourth-order valence-corrected chi connectivity index (χ4v) is 5.32. The van der Waals surface area contributed by atoms with Gasteiger partial charge in [-0.1, -0.05) is 33.3 Å². The average Bonchev–Trinajstić information content (AvgIpc) is 3.34. The lowest BCUT2D eigenvalue weighted by atomic mass is 9.69. The van der Waals surface area contributed by atoms with E-state index < -0.39 is 0 Å². The second-order valence-corrected chi connectivity index (χ2v) is 10.7. The first-order valence-electron chi connectivity index (χ1n) is 12.2. The third kappa shape index (κ3) is 4.10. The molecule has 0 bridgehead atoms. The molecule has 2 aromatic carbocycles. The van der Waals surface area contributed by atoms with Crippen LogP contribution in [0.2, 0.25) is 0 Å². The van der Waals surface area contributed by atoms with E-state index in [0.29, 0.717) is 17.7 Å². The number of phenolic OH excluding ortho intramolecular Hbond substituents is 1. The van der Waals surface area contributed by atoms with Gasteiger partial charge in [0, 0.05) is 30.1 Å². The van der Waals surface area contributed by atoms with Crippen molar-refractivity contribution in [2.24, 2.45) is 11.3 Å². The number of amides is 1. The Morgan fingerprint density at radius 2 is 1.85 bits per heavy atom. The Labute approximate surface area is 200 Å². The third-order valence-corrected chi connectivity index (χ3v) is 7.56. The number of benzene rings is 2. The first-order chi connectivity index (χ1) is 16.2. The van der Waals surface area contributed by atoms with E-state index >= 15 is 0 Å². The summed E-state index contributed by atoms with van der Waals surface area (Å²) < 4.78 is 10.9. The van der Waals surface area contributed by atoms with Crippen LogP contribution < -0.4 is 9.47 Å². The number of carbonyl (C=O) groups is 1. The molecule has 1 amide bonds. The topological polar surface area (TPSA) is 74.8 Å². The Hall–Kier alpha value is -3.15. The number of carbonyl (C=O) groups excluding carboxylic acids is 1. The Balaban J connectivity index is 0.000000257. The van der Waals surface area contributed by atoms with Crippen LogP contribution in [0, 0.1) is 11.3 Å². The highest BCUT2D eigenvalue weighted by molar-refractivity contribution is 5.87. The van der Waals surface area contributed by atoms with Crippen LogP contribution in [0.1, 0.15) is 69.8 Å². The Morgan fingerprint density at radius 3 is 2.50 bits per heavy atom.